The second kappa shape index (κ2) is 4.38. The Kier molecular flexibility index (Phi) is 2.88. The fourth-order valence-corrected chi connectivity index (χ4v) is 2.61. The van der Waals surface area contributed by atoms with E-state index >= 15 is 0 Å². The number of nitrogens with one attached hydrogen (secondary N) is 1. The maximum Gasteiger partial charge on any atom is 0.224 e. The fraction of sp³-hybridized carbons (Fsp3) is 0.833. The van der Waals surface area contributed by atoms with Gasteiger partial charge in [-0.05, 0) is 32.7 Å². The van der Waals surface area contributed by atoms with Gasteiger partial charge in [0.25, 0.3) is 0 Å². The average molecular weight is 237 g/mol. The highest BCUT2D eigenvalue weighted by atomic mass is 16.5. The predicted octanol–water partition coefficient (Wildman–Crippen LogP) is 1.21. The fourth-order valence-electron chi connectivity index (χ4n) is 2.61. The number of hydrogen-bond acceptors (Lipinski definition) is 5. The third kappa shape index (κ3) is 2.09. The van der Waals surface area contributed by atoms with Crippen LogP contribution in [0.1, 0.15) is 43.9 Å². The highest BCUT2D eigenvalue weighted by Crippen LogP contribution is 2.33. The van der Waals surface area contributed by atoms with Crippen LogP contribution >= 0.6 is 0 Å². The van der Waals surface area contributed by atoms with E-state index in [1.54, 1.807) is 0 Å². The van der Waals surface area contributed by atoms with Gasteiger partial charge in [0.15, 0.2) is 0 Å². The number of ether oxygens (including phenoxy) is 1. The van der Waals surface area contributed by atoms with Crippen molar-refractivity contribution in [3.8, 4) is 0 Å². The maximum absolute atomic E-state index is 5.87. The van der Waals surface area contributed by atoms with E-state index in [-0.39, 0.29) is 5.41 Å². The van der Waals surface area contributed by atoms with Gasteiger partial charge in [-0.25, -0.2) is 0 Å². The molecule has 1 aromatic rings. The van der Waals surface area contributed by atoms with Gasteiger partial charge in [0, 0.05) is 13.2 Å². The van der Waals surface area contributed by atoms with Crippen molar-refractivity contribution in [1.29, 1.82) is 0 Å². The monoisotopic (exact) mass is 237 g/mol. The van der Waals surface area contributed by atoms with E-state index < -0.39 is 0 Å². The Labute approximate surface area is 101 Å². The normalized spacial score (nSPS) is 34.1. The van der Waals surface area contributed by atoms with Crippen LogP contribution < -0.4 is 5.32 Å². The van der Waals surface area contributed by atoms with E-state index in [0.29, 0.717) is 12.5 Å². The summed E-state index contributed by atoms with van der Waals surface area (Å²) in [6.45, 7) is 5.69. The van der Waals surface area contributed by atoms with Crippen LogP contribution in [-0.2, 0) is 10.2 Å². The summed E-state index contributed by atoms with van der Waals surface area (Å²) in [4.78, 5) is 0. The van der Waals surface area contributed by atoms with Crippen molar-refractivity contribution < 1.29 is 9.15 Å². The molecule has 5 heteroatoms. The zero-order valence-corrected chi connectivity index (χ0v) is 10.2. The van der Waals surface area contributed by atoms with Crippen molar-refractivity contribution in [2.45, 2.75) is 37.5 Å². The molecular weight excluding hydrogens is 218 g/mol. The molecule has 3 heterocycles. The first-order valence-corrected chi connectivity index (χ1v) is 6.40. The molecule has 2 saturated heterocycles. The topological polar surface area (TPSA) is 60.2 Å². The predicted molar refractivity (Wildman–Crippen MR) is 61.9 cm³/mol. The van der Waals surface area contributed by atoms with Gasteiger partial charge in [-0.2, -0.15) is 0 Å². The first kappa shape index (κ1) is 11.2. The molecule has 94 valence electrons. The Bertz CT molecular complexity index is 379. The molecule has 2 atom stereocenters. The summed E-state index contributed by atoms with van der Waals surface area (Å²) in [5, 5.41) is 11.8. The number of hydrogen-bond donors (Lipinski definition) is 1. The van der Waals surface area contributed by atoms with Gasteiger partial charge in [-0.1, -0.05) is 0 Å². The smallest absolute Gasteiger partial charge is 0.224 e. The third-order valence-corrected chi connectivity index (χ3v) is 3.80. The largest absolute Gasteiger partial charge is 0.424 e. The van der Waals surface area contributed by atoms with Gasteiger partial charge in [-0.3, -0.25) is 0 Å². The van der Waals surface area contributed by atoms with Gasteiger partial charge in [-0.15, -0.1) is 10.2 Å². The number of aromatic nitrogens is 2. The van der Waals surface area contributed by atoms with Crippen LogP contribution in [0, 0.1) is 0 Å². The van der Waals surface area contributed by atoms with Crippen LogP contribution in [0.3, 0.4) is 0 Å². The van der Waals surface area contributed by atoms with Crippen molar-refractivity contribution >= 4 is 0 Å². The Morgan fingerprint density at radius 1 is 1.41 bits per heavy atom. The van der Waals surface area contributed by atoms with Crippen molar-refractivity contribution in [3.05, 3.63) is 11.8 Å². The van der Waals surface area contributed by atoms with Crippen LogP contribution in [0.2, 0.25) is 0 Å². The summed E-state index contributed by atoms with van der Waals surface area (Å²) in [5.41, 5.74) is -0.0878. The molecule has 17 heavy (non-hydrogen) atoms. The summed E-state index contributed by atoms with van der Waals surface area (Å²) in [5.74, 6) is 1.93. The summed E-state index contributed by atoms with van der Waals surface area (Å²) >= 11 is 0. The van der Waals surface area contributed by atoms with Gasteiger partial charge in [0.1, 0.15) is 0 Å². The molecule has 1 aromatic heterocycles. The van der Waals surface area contributed by atoms with Gasteiger partial charge in [0.2, 0.25) is 11.8 Å². The van der Waals surface area contributed by atoms with Gasteiger partial charge < -0.3 is 14.5 Å². The average Bonchev–Trinajstić information content (AvgIpc) is 3.01. The van der Waals surface area contributed by atoms with E-state index in [4.69, 9.17) is 9.15 Å². The molecule has 2 unspecified atom stereocenters. The minimum atomic E-state index is -0.0878. The van der Waals surface area contributed by atoms with Crippen LogP contribution in [0.4, 0.5) is 0 Å². The standard InChI is InChI=1S/C12H19N3O2/c1-12(4-2-6-16-8-12)11-15-14-10(17-11)9-3-5-13-7-9/h9,13H,2-8H2,1H3. The van der Waals surface area contributed by atoms with E-state index in [2.05, 4.69) is 22.4 Å². The van der Waals surface area contributed by atoms with Crippen molar-refractivity contribution in [2.75, 3.05) is 26.3 Å². The molecule has 0 aromatic carbocycles. The second-order valence-electron chi connectivity index (χ2n) is 5.35. The van der Waals surface area contributed by atoms with Gasteiger partial charge >= 0.3 is 0 Å². The Balaban J connectivity index is 1.78. The Morgan fingerprint density at radius 2 is 2.35 bits per heavy atom. The lowest BCUT2D eigenvalue weighted by molar-refractivity contribution is 0.0300. The molecule has 5 nitrogen and oxygen atoms in total. The van der Waals surface area contributed by atoms with Crippen molar-refractivity contribution in [3.63, 3.8) is 0 Å². The third-order valence-electron chi connectivity index (χ3n) is 3.80. The summed E-state index contributed by atoms with van der Waals surface area (Å²) in [7, 11) is 0. The van der Waals surface area contributed by atoms with Gasteiger partial charge in [0.05, 0.1) is 17.9 Å². The van der Waals surface area contributed by atoms with E-state index in [1.165, 1.54) is 0 Å². The molecule has 0 radical (unpaired) electrons. The quantitative estimate of drug-likeness (QED) is 0.838. The first-order valence-electron chi connectivity index (χ1n) is 6.40. The molecule has 0 amide bonds. The molecule has 3 rings (SSSR count). The zero-order valence-electron chi connectivity index (χ0n) is 10.2. The molecule has 1 N–H and O–H groups in total. The van der Waals surface area contributed by atoms with Crippen LogP contribution in [0.25, 0.3) is 0 Å². The highest BCUT2D eigenvalue weighted by Gasteiger charge is 2.36. The van der Waals surface area contributed by atoms with Crippen LogP contribution in [0.5, 0.6) is 0 Å². The summed E-state index contributed by atoms with van der Waals surface area (Å²) < 4.78 is 11.4. The SMILES string of the molecule is CC1(c2nnc(C3CCNC3)o2)CCCOC1. The van der Waals surface area contributed by atoms with E-state index in [9.17, 15) is 0 Å². The Hall–Kier alpha value is -0.940. The lowest BCUT2D eigenvalue weighted by Crippen LogP contribution is -2.33. The second-order valence-corrected chi connectivity index (χ2v) is 5.35. The first-order chi connectivity index (χ1) is 8.28. The number of nitrogens with zero attached hydrogens (tertiary/aromatic N) is 2. The molecule has 2 aliphatic heterocycles. The van der Waals surface area contributed by atoms with Crippen LogP contribution in [-0.4, -0.2) is 36.5 Å². The minimum Gasteiger partial charge on any atom is -0.424 e. The molecule has 0 bridgehead atoms. The summed E-state index contributed by atoms with van der Waals surface area (Å²) in [6.07, 6.45) is 3.23. The minimum absolute atomic E-state index is 0.0878. The summed E-state index contributed by atoms with van der Waals surface area (Å²) in [6, 6.07) is 0. The lowest BCUT2D eigenvalue weighted by Gasteiger charge is -2.29. The molecule has 0 spiro atoms. The van der Waals surface area contributed by atoms with Crippen molar-refractivity contribution in [2.24, 2.45) is 0 Å². The zero-order chi connectivity index (χ0) is 11.7. The Morgan fingerprint density at radius 3 is 3.06 bits per heavy atom. The molecule has 2 aliphatic rings. The molecule has 2 fully saturated rings. The van der Waals surface area contributed by atoms with E-state index in [1.807, 2.05) is 0 Å². The molecule has 0 aliphatic carbocycles. The lowest BCUT2D eigenvalue weighted by atomic mass is 9.85. The molecular formula is C12H19N3O2. The number of rotatable bonds is 2. The highest BCUT2D eigenvalue weighted by molar-refractivity contribution is 5.05. The van der Waals surface area contributed by atoms with E-state index in [0.717, 1.165) is 50.7 Å². The maximum atomic E-state index is 5.87. The van der Waals surface area contributed by atoms with Crippen LogP contribution in [0.15, 0.2) is 4.42 Å². The van der Waals surface area contributed by atoms with Crippen molar-refractivity contribution in [1.82, 2.24) is 15.5 Å². The molecule has 0 saturated carbocycles.